The van der Waals surface area contributed by atoms with Gasteiger partial charge in [-0.2, -0.15) is 0 Å². The summed E-state index contributed by atoms with van der Waals surface area (Å²) in [5.74, 6) is 0.664. The number of aromatic nitrogens is 1. The van der Waals surface area contributed by atoms with Crippen molar-refractivity contribution in [2.24, 2.45) is 5.92 Å². The number of hydrogen-bond acceptors (Lipinski definition) is 4. The lowest BCUT2D eigenvalue weighted by atomic mass is 10.1. The average Bonchev–Trinajstić information content (AvgIpc) is 2.94. The third-order valence-corrected chi connectivity index (χ3v) is 4.79. The van der Waals surface area contributed by atoms with Crippen LogP contribution in [0.25, 0.3) is 0 Å². The molecule has 1 aliphatic carbocycles. The van der Waals surface area contributed by atoms with E-state index in [0.717, 1.165) is 49.4 Å². The van der Waals surface area contributed by atoms with Crippen LogP contribution in [0.5, 0.6) is 0 Å². The summed E-state index contributed by atoms with van der Waals surface area (Å²) in [6.07, 6.45) is 7.39. The van der Waals surface area contributed by atoms with Gasteiger partial charge in [0.15, 0.2) is 0 Å². The molecule has 5 nitrogen and oxygen atoms in total. The van der Waals surface area contributed by atoms with Gasteiger partial charge in [0.1, 0.15) is 5.82 Å². The van der Waals surface area contributed by atoms with Crippen molar-refractivity contribution in [1.29, 1.82) is 0 Å². The Balaban J connectivity index is 1.67. The molecular weight excluding hydrogens is 278 g/mol. The number of nitrogens with one attached hydrogen (secondary N) is 1. The summed E-state index contributed by atoms with van der Waals surface area (Å²) in [5.41, 5.74) is 1.81. The number of piperidine rings is 1. The van der Waals surface area contributed by atoms with Crippen LogP contribution in [0.3, 0.4) is 0 Å². The van der Waals surface area contributed by atoms with Crippen molar-refractivity contribution >= 4 is 17.4 Å². The molecule has 1 amide bonds. The second-order valence-electron chi connectivity index (χ2n) is 6.51. The van der Waals surface area contributed by atoms with E-state index < -0.39 is 6.10 Å². The van der Waals surface area contributed by atoms with Gasteiger partial charge in [-0.1, -0.05) is 0 Å². The Labute approximate surface area is 131 Å². The van der Waals surface area contributed by atoms with Crippen molar-refractivity contribution in [3.05, 3.63) is 17.8 Å². The van der Waals surface area contributed by atoms with E-state index in [2.05, 4.69) is 15.2 Å². The molecule has 2 atom stereocenters. The quantitative estimate of drug-likeness (QED) is 0.900. The lowest BCUT2D eigenvalue weighted by Gasteiger charge is -2.29. The molecule has 1 aromatic rings. The number of anilines is 2. The number of aryl methyl sites for hydroxylation is 1. The number of nitrogens with zero attached hydrogens (tertiary/aromatic N) is 2. The maximum Gasteiger partial charge on any atom is 0.230 e. The molecule has 0 radical (unpaired) electrons. The zero-order valence-electron chi connectivity index (χ0n) is 13.2. The van der Waals surface area contributed by atoms with Crippen LogP contribution in [0, 0.1) is 12.8 Å². The Morgan fingerprint density at radius 2 is 2.05 bits per heavy atom. The molecule has 0 bridgehead atoms. The predicted octanol–water partition coefficient (Wildman–Crippen LogP) is 2.48. The number of hydrogen-bond donors (Lipinski definition) is 2. The summed E-state index contributed by atoms with van der Waals surface area (Å²) in [5, 5.41) is 12.7. The number of carbonyl (C=O) groups excluding carboxylic acids is 1. The van der Waals surface area contributed by atoms with Gasteiger partial charge < -0.3 is 15.3 Å². The molecule has 120 valence electrons. The maximum atomic E-state index is 12.2. The normalized spacial score (nSPS) is 25.3. The van der Waals surface area contributed by atoms with Gasteiger partial charge in [0.05, 0.1) is 23.9 Å². The fourth-order valence-electron chi connectivity index (χ4n) is 3.55. The highest BCUT2D eigenvalue weighted by atomic mass is 16.3. The minimum Gasteiger partial charge on any atom is -0.392 e. The van der Waals surface area contributed by atoms with Gasteiger partial charge in [-0.05, 0) is 57.1 Å². The van der Waals surface area contributed by atoms with Crippen LogP contribution >= 0.6 is 0 Å². The first-order valence-corrected chi connectivity index (χ1v) is 8.35. The molecule has 1 saturated heterocycles. The van der Waals surface area contributed by atoms with Crippen molar-refractivity contribution in [3.8, 4) is 0 Å². The third kappa shape index (κ3) is 3.24. The fraction of sp³-hybridized carbons (Fsp3) is 0.647. The van der Waals surface area contributed by atoms with Gasteiger partial charge in [0.25, 0.3) is 0 Å². The topological polar surface area (TPSA) is 65.5 Å². The molecule has 3 rings (SSSR count). The molecule has 22 heavy (non-hydrogen) atoms. The monoisotopic (exact) mass is 303 g/mol. The van der Waals surface area contributed by atoms with Crippen LogP contribution in [0.4, 0.5) is 11.5 Å². The van der Waals surface area contributed by atoms with E-state index in [9.17, 15) is 9.90 Å². The number of amides is 1. The summed E-state index contributed by atoms with van der Waals surface area (Å²) >= 11 is 0. The van der Waals surface area contributed by atoms with Gasteiger partial charge in [-0.15, -0.1) is 0 Å². The molecule has 1 aromatic heterocycles. The van der Waals surface area contributed by atoms with E-state index in [4.69, 9.17) is 0 Å². The van der Waals surface area contributed by atoms with Crippen molar-refractivity contribution in [3.63, 3.8) is 0 Å². The second kappa shape index (κ2) is 6.65. The summed E-state index contributed by atoms with van der Waals surface area (Å²) in [6, 6.07) is 1.98. The Hall–Kier alpha value is -1.62. The highest BCUT2D eigenvalue weighted by Crippen LogP contribution is 2.28. The van der Waals surface area contributed by atoms with Crippen molar-refractivity contribution in [2.75, 3.05) is 23.3 Å². The Morgan fingerprint density at radius 3 is 2.68 bits per heavy atom. The third-order valence-electron chi connectivity index (χ3n) is 4.79. The highest BCUT2D eigenvalue weighted by Gasteiger charge is 2.31. The Bertz CT molecular complexity index is 541. The first-order valence-electron chi connectivity index (χ1n) is 8.35. The lowest BCUT2D eigenvalue weighted by Crippen LogP contribution is -2.31. The molecule has 2 fully saturated rings. The summed E-state index contributed by atoms with van der Waals surface area (Å²) in [6.45, 7) is 4.17. The van der Waals surface area contributed by atoms with Gasteiger partial charge in [-0.3, -0.25) is 4.79 Å². The first-order chi connectivity index (χ1) is 10.6. The van der Waals surface area contributed by atoms with E-state index >= 15 is 0 Å². The zero-order chi connectivity index (χ0) is 15.5. The lowest BCUT2D eigenvalue weighted by molar-refractivity contribution is -0.122. The van der Waals surface area contributed by atoms with Crippen LogP contribution in [0.15, 0.2) is 12.3 Å². The van der Waals surface area contributed by atoms with Crippen molar-refractivity contribution in [1.82, 2.24) is 4.98 Å². The second-order valence-corrected chi connectivity index (χ2v) is 6.51. The minimum atomic E-state index is -0.498. The molecular formula is C17H25N3O2. The molecule has 2 aliphatic rings. The van der Waals surface area contributed by atoms with Gasteiger partial charge in [-0.25, -0.2) is 4.98 Å². The molecule has 1 aliphatic heterocycles. The minimum absolute atomic E-state index is 0.0862. The van der Waals surface area contributed by atoms with Crippen LogP contribution < -0.4 is 10.2 Å². The smallest absolute Gasteiger partial charge is 0.230 e. The standard InChI is InChI=1S/C17H25N3O2/c1-12-10-13(19-17(22)14-6-5-7-15(14)21)11-18-16(12)20-8-3-2-4-9-20/h10-11,14-15,21H,2-9H2,1H3,(H,19,22). The molecule has 0 spiro atoms. The van der Waals surface area contributed by atoms with Crippen LogP contribution in [-0.2, 0) is 4.79 Å². The summed E-state index contributed by atoms with van der Waals surface area (Å²) in [4.78, 5) is 19.1. The van der Waals surface area contributed by atoms with E-state index in [0.29, 0.717) is 0 Å². The largest absolute Gasteiger partial charge is 0.392 e. The van der Waals surface area contributed by atoms with E-state index in [1.807, 2.05) is 13.0 Å². The van der Waals surface area contributed by atoms with E-state index in [1.54, 1.807) is 6.20 Å². The van der Waals surface area contributed by atoms with E-state index in [-0.39, 0.29) is 11.8 Å². The molecule has 0 aromatic carbocycles. The predicted molar refractivity (Wildman–Crippen MR) is 87.0 cm³/mol. The number of aliphatic hydroxyl groups is 1. The number of rotatable bonds is 3. The first kappa shape index (κ1) is 15.3. The molecule has 2 N–H and O–H groups in total. The summed E-state index contributed by atoms with van der Waals surface area (Å²) < 4.78 is 0. The number of pyridine rings is 1. The molecule has 2 unspecified atom stereocenters. The van der Waals surface area contributed by atoms with Crippen LogP contribution in [0.1, 0.15) is 44.1 Å². The van der Waals surface area contributed by atoms with Crippen molar-refractivity contribution < 1.29 is 9.90 Å². The molecule has 5 heteroatoms. The Morgan fingerprint density at radius 1 is 1.27 bits per heavy atom. The molecule has 2 heterocycles. The van der Waals surface area contributed by atoms with Crippen LogP contribution in [-0.4, -0.2) is 35.2 Å². The Kier molecular flexibility index (Phi) is 4.62. The average molecular weight is 303 g/mol. The van der Waals surface area contributed by atoms with Gasteiger partial charge >= 0.3 is 0 Å². The van der Waals surface area contributed by atoms with Crippen molar-refractivity contribution in [2.45, 2.75) is 51.6 Å². The van der Waals surface area contributed by atoms with Gasteiger partial charge in [0.2, 0.25) is 5.91 Å². The highest BCUT2D eigenvalue weighted by molar-refractivity contribution is 5.93. The summed E-state index contributed by atoms with van der Waals surface area (Å²) in [7, 11) is 0. The number of aliphatic hydroxyl groups excluding tert-OH is 1. The molecule has 1 saturated carbocycles. The van der Waals surface area contributed by atoms with E-state index in [1.165, 1.54) is 19.3 Å². The van der Waals surface area contributed by atoms with Crippen LogP contribution in [0.2, 0.25) is 0 Å². The van der Waals surface area contributed by atoms with Gasteiger partial charge in [0, 0.05) is 13.1 Å². The number of carbonyl (C=O) groups is 1. The fourth-order valence-corrected chi connectivity index (χ4v) is 3.55. The SMILES string of the molecule is Cc1cc(NC(=O)C2CCCC2O)cnc1N1CCCCC1. The zero-order valence-corrected chi connectivity index (χ0v) is 13.2. The maximum absolute atomic E-state index is 12.2.